The van der Waals surface area contributed by atoms with E-state index < -0.39 is 10.0 Å². The van der Waals surface area contributed by atoms with Crippen LogP contribution in [0.15, 0.2) is 0 Å². The van der Waals surface area contributed by atoms with E-state index in [0.717, 1.165) is 31.6 Å². The Labute approximate surface area is 116 Å². The number of sulfonamides is 1. The minimum Gasteiger partial charge on any atom is -0.316 e. The molecule has 1 rings (SSSR count). The Morgan fingerprint density at radius 3 is 2.67 bits per heavy atom. The van der Waals surface area contributed by atoms with Crippen LogP contribution in [0.4, 0.5) is 0 Å². The first-order valence-corrected chi connectivity index (χ1v) is 9.42. The quantitative estimate of drug-likeness (QED) is 0.713. The Bertz CT molecular complexity index is 333. The first kappa shape index (κ1) is 16.3. The molecular weight excluding hydrogens is 268 g/mol. The van der Waals surface area contributed by atoms with Crippen molar-refractivity contribution in [2.24, 2.45) is 0 Å². The van der Waals surface area contributed by atoms with Crippen LogP contribution in [-0.4, -0.2) is 43.8 Å². The summed E-state index contributed by atoms with van der Waals surface area (Å²) in [7, 11) is -3.18. The minimum atomic E-state index is -3.18. The zero-order chi connectivity index (χ0) is 13.6. The van der Waals surface area contributed by atoms with Crippen molar-refractivity contribution >= 4 is 21.8 Å². The summed E-state index contributed by atoms with van der Waals surface area (Å²) in [6.07, 6.45) is 3.09. The molecule has 3 atom stereocenters. The van der Waals surface area contributed by atoms with Gasteiger partial charge in [0.25, 0.3) is 0 Å². The van der Waals surface area contributed by atoms with Crippen LogP contribution < -0.4 is 10.0 Å². The SMILES string of the molecule is CCNCC(C)S(=O)(=O)NC1CCC(SCC)C1. The normalized spacial score (nSPS) is 26.4. The molecule has 1 saturated carbocycles. The van der Waals surface area contributed by atoms with Gasteiger partial charge in [-0.2, -0.15) is 11.8 Å². The smallest absolute Gasteiger partial charge is 0.215 e. The molecule has 0 bridgehead atoms. The van der Waals surface area contributed by atoms with E-state index in [4.69, 9.17) is 0 Å². The van der Waals surface area contributed by atoms with E-state index in [0.29, 0.717) is 11.8 Å². The summed E-state index contributed by atoms with van der Waals surface area (Å²) in [6.45, 7) is 7.22. The molecule has 6 heteroatoms. The molecule has 108 valence electrons. The summed E-state index contributed by atoms with van der Waals surface area (Å²) in [5.41, 5.74) is 0. The van der Waals surface area contributed by atoms with Gasteiger partial charge in [-0.25, -0.2) is 13.1 Å². The van der Waals surface area contributed by atoms with Gasteiger partial charge in [-0.05, 0) is 38.5 Å². The fourth-order valence-corrected chi connectivity index (χ4v) is 4.63. The molecule has 1 aliphatic carbocycles. The predicted molar refractivity (Wildman–Crippen MR) is 79.6 cm³/mol. The van der Waals surface area contributed by atoms with Gasteiger partial charge in [0.1, 0.15) is 0 Å². The predicted octanol–water partition coefficient (Wildman–Crippen LogP) is 1.58. The highest BCUT2D eigenvalue weighted by molar-refractivity contribution is 7.99. The molecule has 3 unspecified atom stereocenters. The van der Waals surface area contributed by atoms with Crippen LogP contribution in [0, 0.1) is 0 Å². The highest BCUT2D eigenvalue weighted by atomic mass is 32.2. The molecule has 0 aromatic heterocycles. The summed E-state index contributed by atoms with van der Waals surface area (Å²) in [4.78, 5) is 0. The Balaban J connectivity index is 2.41. The molecule has 0 aromatic rings. The lowest BCUT2D eigenvalue weighted by Crippen LogP contribution is -2.42. The maximum atomic E-state index is 12.1. The lowest BCUT2D eigenvalue weighted by Gasteiger charge is -2.18. The van der Waals surface area contributed by atoms with Crippen LogP contribution >= 0.6 is 11.8 Å². The first-order chi connectivity index (χ1) is 8.49. The summed E-state index contributed by atoms with van der Waals surface area (Å²) >= 11 is 1.94. The molecule has 2 N–H and O–H groups in total. The van der Waals surface area contributed by atoms with Crippen LogP contribution in [0.2, 0.25) is 0 Å². The highest BCUT2D eigenvalue weighted by Gasteiger charge is 2.30. The molecule has 4 nitrogen and oxygen atoms in total. The average molecular weight is 294 g/mol. The number of hydrogen-bond donors (Lipinski definition) is 2. The van der Waals surface area contributed by atoms with E-state index in [9.17, 15) is 8.42 Å². The average Bonchev–Trinajstić information content (AvgIpc) is 2.73. The summed E-state index contributed by atoms with van der Waals surface area (Å²) in [5.74, 6) is 1.11. The van der Waals surface area contributed by atoms with Crippen LogP contribution in [0.5, 0.6) is 0 Å². The molecule has 18 heavy (non-hydrogen) atoms. The molecule has 0 heterocycles. The Kier molecular flexibility index (Phi) is 6.98. The van der Waals surface area contributed by atoms with Gasteiger partial charge in [-0.1, -0.05) is 13.8 Å². The van der Waals surface area contributed by atoms with E-state index in [1.54, 1.807) is 6.92 Å². The zero-order valence-corrected chi connectivity index (χ0v) is 13.2. The second-order valence-corrected chi connectivity index (χ2v) is 8.58. The third-order valence-electron chi connectivity index (χ3n) is 3.33. The van der Waals surface area contributed by atoms with Gasteiger partial charge >= 0.3 is 0 Å². The van der Waals surface area contributed by atoms with E-state index in [-0.39, 0.29) is 11.3 Å². The van der Waals surface area contributed by atoms with Crippen molar-refractivity contribution in [3.63, 3.8) is 0 Å². The Hall–Kier alpha value is 0.220. The summed E-state index contributed by atoms with van der Waals surface area (Å²) in [6, 6.07) is 0.142. The lowest BCUT2D eigenvalue weighted by molar-refractivity contribution is 0.535. The van der Waals surface area contributed by atoms with Crippen LogP contribution in [0.3, 0.4) is 0 Å². The lowest BCUT2D eigenvalue weighted by atomic mass is 10.3. The van der Waals surface area contributed by atoms with Gasteiger partial charge in [0.15, 0.2) is 0 Å². The van der Waals surface area contributed by atoms with E-state index >= 15 is 0 Å². The molecule has 0 amide bonds. The van der Waals surface area contributed by atoms with Gasteiger partial charge in [-0.3, -0.25) is 0 Å². The van der Waals surface area contributed by atoms with Crippen molar-refractivity contribution in [2.75, 3.05) is 18.8 Å². The molecule has 1 aliphatic rings. The van der Waals surface area contributed by atoms with Crippen molar-refractivity contribution in [3.05, 3.63) is 0 Å². The Morgan fingerprint density at radius 1 is 1.33 bits per heavy atom. The molecule has 0 spiro atoms. The van der Waals surface area contributed by atoms with Gasteiger partial charge < -0.3 is 5.32 Å². The van der Waals surface area contributed by atoms with Crippen LogP contribution in [0.25, 0.3) is 0 Å². The first-order valence-electron chi connectivity index (χ1n) is 6.83. The van der Waals surface area contributed by atoms with Gasteiger partial charge in [0.05, 0.1) is 5.25 Å². The number of nitrogens with one attached hydrogen (secondary N) is 2. The molecule has 1 fully saturated rings. The van der Waals surface area contributed by atoms with E-state index in [2.05, 4.69) is 17.0 Å². The molecule has 0 aliphatic heterocycles. The monoisotopic (exact) mass is 294 g/mol. The molecule has 0 radical (unpaired) electrons. The molecule has 0 aromatic carbocycles. The fraction of sp³-hybridized carbons (Fsp3) is 1.00. The third-order valence-corrected chi connectivity index (χ3v) is 6.45. The van der Waals surface area contributed by atoms with Crippen molar-refractivity contribution in [2.45, 2.75) is 56.6 Å². The highest BCUT2D eigenvalue weighted by Crippen LogP contribution is 2.30. The van der Waals surface area contributed by atoms with E-state index in [1.165, 1.54) is 0 Å². The maximum absolute atomic E-state index is 12.1. The molecule has 0 saturated heterocycles. The van der Waals surface area contributed by atoms with Gasteiger partial charge in [-0.15, -0.1) is 0 Å². The molecular formula is C12H26N2O2S2. The summed E-state index contributed by atoms with van der Waals surface area (Å²) < 4.78 is 27.1. The van der Waals surface area contributed by atoms with E-state index in [1.807, 2.05) is 18.7 Å². The number of rotatable bonds is 8. The Morgan fingerprint density at radius 2 is 2.06 bits per heavy atom. The van der Waals surface area contributed by atoms with Gasteiger partial charge in [0.2, 0.25) is 10.0 Å². The minimum absolute atomic E-state index is 0.142. The summed E-state index contributed by atoms with van der Waals surface area (Å²) in [5, 5.41) is 3.35. The largest absolute Gasteiger partial charge is 0.316 e. The second kappa shape index (κ2) is 7.72. The number of thioether (sulfide) groups is 1. The topological polar surface area (TPSA) is 58.2 Å². The fourth-order valence-electron chi connectivity index (χ4n) is 2.24. The standard InChI is InChI=1S/C12H26N2O2S2/c1-4-13-9-10(3)18(15,16)14-11-6-7-12(8-11)17-5-2/h10-14H,4-9H2,1-3H3. The van der Waals surface area contributed by atoms with Crippen molar-refractivity contribution in [1.29, 1.82) is 0 Å². The zero-order valence-electron chi connectivity index (χ0n) is 11.6. The van der Waals surface area contributed by atoms with Crippen molar-refractivity contribution in [3.8, 4) is 0 Å². The second-order valence-electron chi connectivity index (χ2n) is 4.87. The maximum Gasteiger partial charge on any atom is 0.215 e. The number of hydrogen-bond acceptors (Lipinski definition) is 4. The van der Waals surface area contributed by atoms with Crippen LogP contribution in [0.1, 0.15) is 40.0 Å². The van der Waals surface area contributed by atoms with Crippen molar-refractivity contribution in [1.82, 2.24) is 10.0 Å². The van der Waals surface area contributed by atoms with Gasteiger partial charge in [0, 0.05) is 17.8 Å². The van der Waals surface area contributed by atoms with Crippen LogP contribution in [-0.2, 0) is 10.0 Å². The third kappa shape index (κ3) is 5.07. The van der Waals surface area contributed by atoms with Crippen molar-refractivity contribution < 1.29 is 8.42 Å².